The number of hydrogen-bond donors (Lipinski definition) is 1. The van der Waals surface area contributed by atoms with E-state index in [4.69, 9.17) is 5.73 Å². The Kier molecular flexibility index (Phi) is 2.08. The van der Waals surface area contributed by atoms with E-state index in [1.54, 1.807) is 12.4 Å². The first-order valence-corrected chi connectivity index (χ1v) is 5.72. The number of nitrogens with two attached hydrogens (primary N) is 1. The number of benzene rings is 1. The van der Waals surface area contributed by atoms with Crippen molar-refractivity contribution < 1.29 is 0 Å². The van der Waals surface area contributed by atoms with Gasteiger partial charge in [0.1, 0.15) is 0 Å². The Hall–Kier alpha value is -1.94. The first kappa shape index (κ1) is 9.30. The highest BCUT2D eigenvalue weighted by Gasteiger charge is 2.06. The fourth-order valence-corrected chi connectivity index (χ4v) is 2.43. The Bertz CT molecular complexity index is 640. The van der Waals surface area contributed by atoms with Crippen molar-refractivity contribution in [3.05, 3.63) is 42.7 Å². The Labute approximate surface area is 96.6 Å². The van der Waals surface area contributed by atoms with E-state index in [1.807, 2.05) is 18.2 Å². The van der Waals surface area contributed by atoms with Crippen LogP contribution in [-0.4, -0.2) is 9.97 Å². The number of nitrogen functional groups attached to an aromatic ring is 1. The van der Waals surface area contributed by atoms with Crippen LogP contribution in [0.1, 0.15) is 0 Å². The van der Waals surface area contributed by atoms with Gasteiger partial charge in [-0.05, 0) is 6.07 Å². The van der Waals surface area contributed by atoms with Crippen LogP contribution in [0.3, 0.4) is 0 Å². The summed E-state index contributed by atoms with van der Waals surface area (Å²) in [6, 6.07) is 10.1. The van der Waals surface area contributed by atoms with Crippen molar-refractivity contribution in [2.75, 3.05) is 5.73 Å². The molecule has 0 aliphatic rings. The van der Waals surface area contributed by atoms with Crippen molar-refractivity contribution in [2.45, 2.75) is 0 Å². The number of anilines is 1. The Balaban J connectivity index is 2.31. The number of rotatable bonds is 1. The predicted octanol–water partition coefficient (Wildman–Crippen LogP) is 2.94. The van der Waals surface area contributed by atoms with E-state index in [1.165, 1.54) is 11.3 Å². The number of para-hydroxylation sites is 1. The molecule has 0 unspecified atom stereocenters. The molecule has 2 heterocycles. The fourth-order valence-electron chi connectivity index (χ4n) is 1.72. The largest absolute Gasteiger partial charge is 0.375 e. The van der Waals surface area contributed by atoms with Gasteiger partial charge < -0.3 is 5.73 Å². The molecular formula is C12H9N3S. The lowest BCUT2D eigenvalue weighted by molar-refractivity contribution is 1.40. The first-order valence-electron chi connectivity index (χ1n) is 4.90. The van der Waals surface area contributed by atoms with Crippen LogP contribution >= 0.6 is 11.3 Å². The van der Waals surface area contributed by atoms with Crippen molar-refractivity contribution in [1.29, 1.82) is 0 Å². The normalized spacial score (nSPS) is 10.8. The maximum atomic E-state index is 5.65. The summed E-state index contributed by atoms with van der Waals surface area (Å²) >= 11 is 1.48. The van der Waals surface area contributed by atoms with Crippen molar-refractivity contribution in [3.8, 4) is 10.4 Å². The molecule has 0 aliphatic heterocycles. The summed E-state index contributed by atoms with van der Waals surface area (Å²) in [5, 5.41) is 1.72. The SMILES string of the molecule is Nc1ncc(-c2cccc3cccnc23)s1. The van der Waals surface area contributed by atoms with Crippen LogP contribution in [0.5, 0.6) is 0 Å². The van der Waals surface area contributed by atoms with Crippen LogP contribution < -0.4 is 5.73 Å². The minimum atomic E-state index is 0.586. The van der Waals surface area contributed by atoms with Crippen LogP contribution in [0.25, 0.3) is 21.3 Å². The standard InChI is InChI=1S/C12H9N3S/c13-12-15-7-10(16-12)9-5-1-3-8-4-2-6-14-11(8)9/h1-7H,(H2,13,15). The summed E-state index contributed by atoms with van der Waals surface area (Å²) < 4.78 is 0. The molecule has 3 rings (SSSR count). The smallest absolute Gasteiger partial charge is 0.180 e. The zero-order valence-electron chi connectivity index (χ0n) is 8.42. The monoisotopic (exact) mass is 227 g/mol. The number of thiazole rings is 1. The van der Waals surface area contributed by atoms with Crippen molar-refractivity contribution in [3.63, 3.8) is 0 Å². The summed E-state index contributed by atoms with van der Waals surface area (Å²) in [6.07, 6.45) is 3.60. The molecule has 3 aromatic rings. The van der Waals surface area contributed by atoms with Gasteiger partial charge in [0.25, 0.3) is 0 Å². The van der Waals surface area contributed by atoms with Gasteiger partial charge in [-0.25, -0.2) is 4.98 Å². The maximum absolute atomic E-state index is 5.65. The average Bonchev–Trinajstić information content (AvgIpc) is 2.75. The van der Waals surface area contributed by atoms with E-state index in [9.17, 15) is 0 Å². The van der Waals surface area contributed by atoms with Gasteiger partial charge in [0.05, 0.1) is 10.4 Å². The van der Waals surface area contributed by atoms with Crippen LogP contribution in [0.4, 0.5) is 5.13 Å². The van der Waals surface area contributed by atoms with Crippen molar-refractivity contribution in [1.82, 2.24) is 9.97 Å². The predicted molar refractivity (Wildman–Crippen MR) is 67.3 cm³/mol. The molecule has 2 N–H and O–H groups in total. The molecule has 16 heavy (non-hydrogen) atoms. The highest BCUT2D eigenvalue weighted by atomic mass is 32.1. The van der Waals surface area contributed by atoms with E-state index in [0.717, 1.165) is 21.3 Å². The molecule has 3 nitrogen and oxygen atoms in total. The number of nitrogens with zero attached hydrogens (tertiary/aromatic N) is 2. The minimum absolute atomic E-state index is 0.586. The van der Waals surface area contributed by atoms with Gasteiger partial charge in [-0.15, -0.1) is 0 Å². The number of aromatic nitrogens is 2. The Morgan fingerprint density at radius 3 is 2.75 bits per heavy atom. The van der Waals surface area contributed by atoms with Gasteiger partial charge in [0.15, 0.2) is 5.13 Å². The Morgan fingerprint density at radius 1 is 1.06 bits per heavy atom. The lowest BCUT2D eigenvalue weighted by Crippen LogP contribution is -1.81. The molecular weight excluding hydrogens is 218 g/mol. The molecule has 0 aliphatic carbocycles. The van der Waals surface area contributed by atoms with Crippen LogP contribution in [0.15, 0.2) is 42.7 Å². The summed E-state index contributed by atoms with van der Waals surface area (Å²) in [5.41, 5.74) is 7.73. The van der Waals surface area contributed by atoms with Gasteiger partial charge in [0, 0.05) is 23.3 Å². The molecule has 0 saturated heterocycles. The molecule has 1 aromatic carbocycles. The minimum Gasteiger partial charge on any atom is -0.375 e. The lowest BCUT2D eigenvalue weighted by Gasteiger charge is -2.01. The molecule has 4 heteroatoms. The second-order valence-electron chi connectivity index (χ2n) is 3.44. The molecule has 0 bridgehead atoms. The molecule has 2 aromatic heterocycles. The molecule has 0 atom stereocenters. The van der Waals surface area contributed by atoms with Gasteiger partial charge in [-0.2, -0.15) is 0 Å². The summed E-state index contributed by atoms with van der Waals surface area (Å²) in [4.78, 5) is 9.53. The van der Waals surface area contributed by atoms with Crippen LogP contribution in [0.2, 0.25) is 0 Å². The Morgan fingerprint density at radius 2 is 1.94 bits per heavy atom. The van der Waals surface area contributed by atoms with Gasteiger partial charge in [-0.1, -0.05) is 35.6 Å². The second-order valence-corrected chi connectivity index (χ2v) is 4.51. The highest BCUT2D eigenvalue weighted by molar-refractivity contribution is 7.18. The first-order chi connectivity index (χ1) is 7.84. The molecule has 0 saturated carbocycles. The van der Waals surface area contributed by atoms with Crippen LogP contribution in [0, 0.1) is 0 Å². The van der Waals surface area contributed by atoms with Crippen LogP contribution in [-0.2, 0) is 0 Å². The van der Waals surface area contributed by atoms with Gasteiger partial charge in [0.2, 0.25) is 0 Å². The molecule has 78 valence electrons. The summed E-state index contributed by atoms with van der Waals surface area (Å²) in [6.45, 7) is 0. The number of fused-ring (bicyclic) bond motifs is 1. The topological polar surface area (TPSA) is 51.8 Å². The van der Waals surface area contributed by atoms with Gasteiger partial charge >= 0.3 is 0 Å². The van der Waals surface area contributed by atoms with E-state index in [0.29, 0.717) is 5.13 Å². The van der Waals surface area contributed by atoms with Crippen molar-refractivity contribution in [2.24, 2.45) is 0 Å². The van der Waals surface area contributed by atoms with Crippen molar-refractivity contribution >= 4 is 27.4 Å². The van der Waals surface area contributed by atoms with E-state index < -0.39 is 0 Å². The number of hydrogen-bond acceptors (Lipinski definition) is 4. The summed E-state index contributed by atoms with van der Waals surface area (Å²) in [7, 11) is 0. The third-order valence-corrected chi connectivity index (χ3v) is 3.28. The molecule has 0 amide bonds. The molecule has 0 fully saturated rings. The lowest BCUT2D eigenvalue weighted by atomic mass is 10.1. The zero-order chi connectivity index (χ0) is 11.0. The van der Waals surface area contributed by atoms with E-state index in [-0.39, 0.29) is 0 Å². The molecule has 0 spiro atoms. The number of pyridine rings is 1. The summed E-state index contributed by atoms with van der Waals surface area (Å²) in [5.74, 6) is 0. The average molecular weight is 227 g/mol. The van der Waals surface area contributed by atoms with Gasteiger partial charge in [-0.3, -0.25) is 4.98 Å². The zero-order valence-corrected chi connectivity index (χ0v) is 9.24. The van der Waals surface area contributed by atoms with E-state index in [2.05, 4.69) is 22.1 Å². The third-order valence-electron chi connectivity index (χ3n) is 2.42. The fraction of sp³-hybridized carbons (Fsp3) is 0. The second kappa shape index (κ2) is 3.57. The highest BCUT2D eigenvalue weighted by Crippen LogP contribution is 2.31. The van der Waals surface area contributed by atoms with E-state index >= 15 is 0 Å². The molecule has 0 radical (unpaired) electrons. The quantitative estimate of drug-likeness (QED) is 0.695. The third kappa shape index (κ3) is 1.44. The maximum Gasteiger partial charge on any atom is 0.180 e.